The number of benzene rings is 3. The summed E-state index contributed by atoms with van der Waals surface area (Å²) in [5.41, 5.74) is 9.43. The van der Waals surface area contributed by atoms with Gasteiger partial charge in [-0.3, -0.25) is 15.3 Å². The number of hydrogen-bond acceptors (Lipinski definition) is 4. The number of aromatic amines is 3. The molecule has 0 aliphatic carbocycles. The zero-order valence-corrected chi connectivity index (χ0v) is 18.2. The van der Waals surface area contributed by atoms with Crippen molar-refractivity contribution >= 4 is 17.1 Å². The van der Waals surface area contributed by atoms with Gasteiger partial charge in [0.1, 0.15) is 0 Å². The Balaban J connectivity index is 1.39. The maximum atomic E-state index is 4.06. The summed E-state index contributed by atoms with van der Waals surface area (Å²) in [6.45, 7) is 0. The smallest absolute Gasteiger partial charge is 0.0650 e. The molecule has 3 aromatic carbocycles. The number of H-pyrrole nitrogens is 3. The van der Waals surface area contributed by atoms with Gasteiger partial charge in [0.2, 0.25) is 0 Å². The van der Waals surface area contributed by atoms with Crippen LogP contribution in [0.2, 0.25) is 0 Å². The first kappa shape index (κ1) is 19.8. The molecule has 3 N–H and O–H groups in total. The van der Waals surface area contributed by atoms with Crippen LogP contribution in [0.25, 0.3) is 33.8 Å². The van der Waals surface area contributed by atoms with E-state index in [1.165, 1.54) is 0 Å². The van der Waals surface area contributed by atoms with Crippen LogP contribution in [-0.2, 0) is 0 Å². The highest BCUT2D eigenvalue weighted by Crippen LogP contribution is 2.37. The molecule has 0 aliphatic rings. The van der Waals surface area contributed by atoms with Gasteiger partial charge in [-0.1, -0.05) is 36.4 Å². The van der Waals surface area contributed by atoms with E-state index in [9.17, 15) is 0 Å². The third kappa shape index (κ3) is 3.75. The molecule has 34 heavy (non-hydrogen) atoms. The lowest BCUT2D eigenvalue weighted by Crippen LogP contribution is -2.09. The van der Waals surface area contributed by atoms with Crippen LogP contribution in [0.15, 0.2) is 110 Å². The molecule has 0 unspecified atom stereocenters. The molecule has 0 radical (unpaired) electrons. The molecule has 0 aliphatic heterocycles. The van der Waals surface area contributed by atoms with Gasteiger partial charge in [-0.2, -0.15) is 15.3 Å². The highest BCUT2D eigenvalue weighted by atomic mass is 15.1. The Kier molecular flexibility index (Phi) is 4.97. The highest BCUT2D eigenvalue weighted by Gasteiger charge is 2.14. The van der Waals surface area contributed by atoms with E-state index >= 15 is 0 Å². The van der Waals surface area contributed by atoms with Crippen molar-refractivity contribution in [3.8, 4) is 33.8 Å². The predicted octanol–water partition coefficient (Wildman–Crippen LogP) is 6.33. The van der Waals surface area contributed by atoms with Crippen molar-refractivity contribution in [3.63, 3.8) is 0 Å². The van der Waals surface area contributed by atoms with E-state index in [1.54, 1.807) is 18.6 Å². The summed E-state index contributed by atoms with van der Waals surface area (Å²) in [5, 5.41) is 21.3. The van der Waals surface area contributed by atoms with Crippen molar-refractivity contribution in [3.05, 3.63) is 110 Å². The lowest BCUT2D eigenvalue weighted by Gasteiger charge is -2.26. The fourth-order valence-corrected chi connectivity index (χ4v) is 4.07. The molecule has 0 saturated carbocycles. The second kappa shape index (κ2) is 8.55. The van der Waals surface area contributed by atoms with Crippen molar-refractivity contribution in [1.82, 2.24) is 30.6 Å². The zero-order valence-electron chi connectivity index (χ0n) is 18.2. The summed E-state index contributed by atoms with van der Waals surface area (Å²) >= 11 is 0. The van der Waals surface area contributed by atoms with E-state index in [0.717, 1.165) is 50.8 Å². The topological polar surface area (TPSA) is 89.3 Å². The van der Waals surface area contributed by atoms with Crippen LogP contribution >= 0.6 is 0 Å². The summed E-state index contributed by atoms with van der Waals surface area (Å²) in [6, 6.07) is 31.3. The van der Waals surface area contributed by atoms with Crippen molar-refractivity contribution in [2.24, 2.45) is 0 Å². The van der Waals surface area contributed by atoms with Gasteiger partial charge in [0.05, 0.1) is 17.1 Å². The number of nitrogens with zero attached hydrogens (tertiary/aromatic N) is 4. The van der Waals surface area contributed by atoms with Crippen LogP contribution < -0.4 is 4.90 Å². The summed E-state index contributed by atoms with van der Waals surface area (Å²) in [4.78, 5) is 2.24. The minimum atomic E-state index is 0.992. The standard InChI is InChI=1S/C27H21N7/c1-7-22(8-2-19(1)25-13-16-28-31-25)34(23-9-3-20(4-10-23)26-14-17-29-32-26)24-11-5-21(6-12-24)27-15-18-30-33-27/h1-18H,(H,28,31)(H,29,32)(H,30,33). The number of rotatable bonds is 6. The van der Waals surface area contributed by atoms with Crippen LogP contribution in [0.3, 0.4) is 0 Å². The van der Waals surface area contributed by atoms with Gasteiger partial charge >= 0.3 is 0 Å². The van der Waals surface area contributed by atoms with Crippen LogP contribution in [0.1, 0.15) is 0 Å². The summed E-state index contributed by atoms with van der Waals surface area (Å²) in [7, 11) is 0. The largest absolute Gasteiger partial charge is 0.311 e. The van der Waals surface area contributed by atoms with Gasteiger partial charge in [-0.05, 0) is 71.3 Å². The molecule has 0 spiro atoms. The molecule has 0 bridgehead atoms. The molecular weight excluding hydrogens is 422 g/mol. The van der Waals surface area contributed by atoms with E-state index in [1.807, 2.05) is 18.2 Å². The Labute approximate surface area is 196 Å². The maximum Gasteiger partial charge on any atom is 0.0650 e. The van der Waals surface area contributed by atoms with Gasteiger partial charge in [0.25, 0.3) is 0 Å². The van der Waals surface area contributed by atoms with E-state index in [2.05, 4.69) is 108 Å². The molecule has 3 aromatic heterocycles. The molecule has 0 fully saturated rings. The third-order valence-corrected chi connectivity index (χ3v) is 5.81. The Morgan fingerprint density at radius 1 is 0.382 bits per heavy atom. The van der Waals surface area contributed by atoms with Crippen molar-refractivity contribution in [2.45, 2.75) is 0 Å². The predicted molar refractivity (Wildman–Crippen MR) is 134 cm³/mol. The van der Waals surface area contributed by atoms with Crippen LogP contribution in [0, 0.1) is 0 Å². The van der Waals surface area contributed by atoms with Gasteiger partial charge in [-0.15, -0.1) is 0 Å². The summed E-state index contributed by atoms with van der Waals surface area (Å²) in [5.74, 6) is 0. The van der Waals surface area contributed by atoms with Crippen molar-refractivity contribution < 1.29 is 0 Å². The molecule has 7 nitrogen and oxygen atoms in total. The molecular formula is C27H21N7. The highest BCUT2D eigenvalue weighted by molar-refractivity contribution is 5.80. The van der Waals surface area contributed by atoms with Crippen LogP contribution in [0.5, 0.6) is 0 Å². The summed E-state index contributed by atoms with van der Waals surface area (Å²) < 4.78 is 0. The van der Waals surface area contributed by atoms with Gasteiger partial charge < -0.3 is 4.90 Å². The normalized spacial score (nSPS) is 10.9. The first-order valence-electron chi connectivity index (χ1n) is 10.9. The van der Waals surface area contributed by atoms with Gasteiger partial charge in [-0.25, -0.2) is 0 Å². The second-order valence-corrected chi connectivity index (χ2v) is 7.89. The minimum Gasteiger partial charge on any atom is -0.311 e. The average Bonchev–Trinajstić information content (AvgIpc) is 3.69. The molecule has 164 valence electrons. The van der Waals surface area contributed by atoms with Crippen molar-refractivity contribution in [2.75, 3.05) is 4.90 Å². The Bertz CT molecular complexity index is 1260. The van der Waals surface area contributed by atoms with E-state index in [4.69, 9.17) is 0 Å². The quantitative estimate of drug-likeness (QED) is 0.281. The van der Waals surface area contributed by atoms with E-state index in [0.29, 0.717) is 0 Å². The molecule has 0 saturated heterocycles. The zero-order chi connectivity index (χ0) is 22.7. The minimum absolute atomic E-state index is 0.992. The Morgan fingerprint density at radius 3 is 0.912 bits per heavy atom. The number of nitrogens with one attached hydrogen (secondary N) is 3. The number of anilines is 3. The SMILES string of the molecule is c1cc(-c2ccc(N(c3ccc(-c4ccn[nH]4)cc3)c3ccc(-c4ccn[nH]4)cc3)cc2)[nH]n1. The molecule has 0 amide bonds. The Hall–Kier alpha value is -4.91. The lowest BCUT2D eigenvalue weighted by molar-refractivity contribution is 1.09. The van der Waals surface area contributed by atoms with Crippen LogP contribution in [-0.4, -0.2) is 30.6 Å². The molecule has 0 atom stereocenters. The first-order valence-corrected chi connectivity index (χ1v) is 10.9. The van der Waals surface area contributed by atoms with E-state index < -0.39 is 0 Å². The monoisotopic (exact) mass is 443 g/mol. The third-order valence-electron chi connectivity index (χ3n) is 5.81. The first-order chi connectivity index (χ1) is 16.8. The van der Waals surface area contributed by atoms with E-state index in [-0.39, 0.29) is 0 Å². The Morgan fingerprint density at radius 2 is 0.676 bits per heavy atom. The number of hydrogen-bond donors (Lipinski definition) is 3. The van der Waals surface area contributed by atoms with Crippen molar-refractivity contribution in [1.29, 1.82) is 0 Å². The number of aromatic nitrogens is 6. The fraction of sp³-hybridized carbons (Fsp3) is 0. The lowest BCUT2D eigenvalue weighted by atomic mass is 10.1. The molecule has 6 rings (SSSR count). The van der Waals surface area contributed by atoms with Crippen LogP contribution in [0.4, 0.5) is 17.1 Å². The summed E-state index contributed by atoms with van der Waals surface area (Å²) in [6.07, 6.45) is 5.29. The maximum absolute atomic E-state index is 4.06. The fourth-order valence-electron chi connectivity index (χ4n) is 4.07. The average molecular weight is 444 g/mol. The second-order valence-electron chi connectivity index (χ2n) is 7.89. The van der Waals surface area contributed by atoms with Gasteiger partial charge in [0.15, 0.2) is 0 Å². The van der Waals surface area contributed by atoms with Gasteiger partial charge in [0, 0.05) is 35.7 Å². The molecule has 7 heteroatoms. The molecule has 3 heterocycles. The molecule has 6 aromatic rings.